The molecular weight excluding hydrogens is 220 g/mol. The van der Waals surface area contributed by atoms with Gasteiger partial charge in [0, 0.05) is 24.5 Å². The summed E-state index contributed by atoms with van der Waals surface area (Å²) in [4.78, 5) is 10.1. The quantitative estimate of drug-likeness (QED) is 0.621. The molecule has 0 fully saturated rings. The number of rotatable bonds is 2. The molecule has 1 aromatic carbocycles. The first-order chi connectivity index (χ1) is 8.08. The molecule has 0 bridgehead atoms. The summed E-state index contributed by atoms with van der Waals surface area (Å²) in [5.74, 6) is 0.674. The van der Waals surface area contributed by atoms with Crippen molar-refractivity contribution in [1.82, 2.24) is 0 Å². The van der Waals surface area contributed by atoms with Crippen LogP contribution < -0.4 is 5.73 Å². The first-order valence-electron chi connectivity index (χ1n) is 5.22. The summed E-state index contributed by atoms with van der Waals surface area (Å²) in [6, 6.07) is 6.29. The lowest BCUT2D eigenvalue weighted by atomic mass is 9.97. The number of hydrogen-bond acceptors (Lipinski definition) is 5. The van der Waals surface area contributed by atoms with Gasteiger partial charge in [-0.2, -0.15) is 5.10 Å². The third kappa shape index (κ3) is 2.30. The Morgan fingerprint density at radius 2 is 2.00 bits per heavy atom. The summed E-state index contributed by atoms with van der Waals surface area (Å²) in [6.07, 6.45) is 0.702. The van der Waals surface area contributed by atoms with Crippen LogP contribution in [0.25, 0.3) is 0 Å². The lowest BCUT2D eigenvalue weighted by Crippen LogP contribution is -2.26. The van der Waals surface area contributed by atoms with Gasteiger partial charge in [-0.25, -0.2) is 0 Å². The summed E-state index contributed by atoms with van der Waals surface area (Å²) in [7, 11) is 0. The average Bonchev–Trinajstić information content (AvgIpc) is 2.33. The van der Waals surface area contributed by atoms with Gasteiger partial charge < -0.3 is 5.73 Å². The van der Waals surface area contributed by atoms with Gasteiger partial charge in [0.05, 0.1) is 10.6 Å². The van der Waals surface area contributed by atoms with E-state index >= 15 is 0 Å². The summed E-state index contributed by atoms with van der Waals surface area (Å²) in [5.41, 5.74) is 7.36. The molecule has 0 aromatic heterocycles. The maximum absolute atomic E-state index is 10.5. The van der Waals surface area contributed by atoms with Crippen molar-refractivity contribution in [3.05, 3.63) is 39.9 Å². The second-order valence-electron chi connectivity index (χ2n) is 3.98. The van der Waals surface area contributed by atoms with Gasteiger partial charge in [0.2, 0.25) is 0 Å². The first kappa shape index (κ1) is 11.3. The van der Waals surface area contributed by atoms with E-state index in [0.717, 1.165) is 11.3 Å². The number of nitro groups is 1. The molecule has 1 heterocycles. The number of hydrogen-bond donors (Lipinski definition) is 1. The molecule has 1 aliphatic heterocycles. The van der Waals surface area contributed by atoms with E-state index in [2.05, 4.69) is 10.2 Å². The smallest absolute Gasteiger partial charge is 0.269 e. The minimum atomic E-state index is -0.425. The maximum atomic E-state index is 10.5. The zero-order chi connectivity index (χ0) is 12.4. The Labute approximate surface area is 98.0 Å². The normalized spacial score (nSPS) is 19.5. The number of nitrogens with zero attached hydrogens (tertiary/aromatic N) is 3. The monoisotopic (exact) mass is 232 g/mol. The highest BCUT2D eigenvalue weighted by atomic mass is 16.6. The van der Waals surface area contributed by atoms with Crippen molar-refractivity contribution in [1.29, 1.82) is 0 Å². The van der Waals surface area contributed by atoms with Crippen molar-refractivity contribution in [2.24, 2.45) is 21.9 Å². The Morgan fingerprint density at radius 1 is 1.35 bits per heavy atom. The Morgan fingerprint density at radius 3 is 2.53 bits per heavy atom. The standard InChI is InChI=1S/C11H12N4O2/c1-7-6-10(13-14-11(7)12)8-2-4-9(5-3-8)15(16)17/h2-5,7H,6H2,1H3,(H2,12,14). The first-order valence-corrected chi connectivity index (χ1v) is 5.22. The molecule has 2 rings (SSSR count). The van der Waals surface area contributed by atoms with Crippen molar-refractivity contribution in [2.45, 2.75) is 13.3 Å². The highest BCUT2D eigenvalue weighted by Crippen LogP contribution is 2.18. The van der Waals surface area contributed by atoms with Gasteiger partial charge in [0.1, 0.15) is 5.84 Å². The zero-order valence-electron chi connectivity index (χ0n) is 9.33. The Kier molecular flexibility index (Phi) is 2.86. The van der Waals surface area contributed by atoms with Gasteiger partial charge in [-0.15, -0.1) is 5.10 Å². The van der Waals surface area contributed by atoms with E-state index < -0.39 is 4.92 Å². The van der Waals surface area contributed by atoms with Crippen LogP contribution in [0.2, 0.25) is 0 Å². The molecule has 17 heavy (non-hydrogen) atoms. The highest BCUT2D eigenvalue weighted by molar-refractivity contribution is 6.04. The van der Waals surface area contributed by atoms with E-state index in [1.807, 2.05) is 6.92 Å². The van der Waals surface area contributed by atoms with Gasteiger partial charge in [-0.05, 0) is 17.7 Å². The average molecular weight is 232 g/mol. The molecule has 1 aromatic rings. The number of non-ortho nitro benzene ring substituents is 1. The number of nitrogens with two attached hydrogens (primary N) is 1. The molecule has 0 saturated heterocycles. The van der Waals surface area contributed by atoms with Crippen molar-refractivity contribution in [3.8, 4) is 0 Å². The lowest BCUT2D eigenvalue weighted by Gasteiger charge is -2.15. The molecule has 6 heteroatoms. The molecule has 2 N–H and O–H groups in total. The molecule has 1 unspecified atom stereocenters. The number of benzene rings is 1. The van der Waals surface area contributed by atoms with E-state index in [9.17, 15) is 10.1 Å². The summed E-state index contributed by atoms with van der Waals surface area (Å²) in [5, 5.41) is 18.4. The minimum absolute atomic E-state index is 0.0706. The van der Waals surface area contributed by atoms with Crippen LogP contribution >= 0.6 is 0 Å². The van der Waals surface area contributed by atoms with Gasteiger partial charge in [-0.3, -0.25) is 10.1 Å². The molecular formula is C11H12N4O2. The second-order valence-corrected chi connectivity index (χ2v) is 3.98. The molecule has 6 nitrogen and oxygen atoms in total. The molecule has 1 aliphatic rings. The van der Waals surface area contributed by atoms with Crippen LogP contribution in [0, 0.1) is 16.0 Å². The van der Waals surface area contributed by atoms with Crippen LogP contribution in [0.5, 0.6) is 0 Å². The van der Waals surface area contributed by atoms with Crippen LogP contribution in [-0.2, 0) is 0 Å². The van der Waals surface area contributed by atoms with E-state index in [4.69, 9.17) is 5.73 Å². The third-order valence-corrected chi connectivity index (χ3v) is 2.70. The Bertz CT molecular complexity index is 505. The van der Waals surface area contributed by atoms with E-state index in [0.29, 0.717) is 12.3 Å². The van der Waals surface area contributed by atoms with Crippen molar-refractivity contribution < 1.29 is 4.92 Å². The highest BCUT2D eigenvalue weighted by Gasteiger charge is 2.17. The SMILES string of the molecule is CC1CC(c2ccc([N+](=O)[O-])cc2)=NN=C1N. The van der Waals surface area contributed by atoms with Crippen LogP contribution in [0.15, 0.2) is 34.5 Å². The molecule has 0 aliphatic carbocycles. The summed E-state index contributed by atoms with van der Waals surface area (Å²) < 4.78 is 0. The predicted molar refractivity (Wildman–Crippen MR) is 65.0 cm³/mol. The topological polar surface area (TPSA) is 93.9 Å². The van der Waals surface area contributed by atoms with E-state index in [1.54, 1.807) is 12.1 Å². The van der Waals surface area contributed by atoms with Crippen LogP contribution in [0.1, 0.15) is 18.9 Å². The molecule has 0 amide bonds. The largest absolute Gasteiger partial charge is 0.385 e. The fourth-order valence-electron chi connectivity index (χ4n) is 1.60. The number of nitro benzene ring substituents is 1. The summed E-state index contributed by atoms with van der Waals surface area (Å²) >= 11 is 0. The fourth-order valence-corrected chi connectivity index (χ4v) is 1.60. The molecule has 1 atom stereocenters. The van der Waals surface area contributed by atoms with Gasteiger partial charge in [-0.1, -0.05) is 6.92 Å². The van der Waals surface area contributed by atoms with Crippen molar-refractivity contribution in [2.75, 3.05) is 0 Å². The lowest BCUT2D eigenvalue weighted by molar-refractivity contribution is -0.384. The van der Waals surface area contributed by atoms with E-state index in [1.165, 1.54) is 12.1 Å². The molecule has 0 radical (unpaired) electrons. The van der Waals surface area contributed by atoms with Gasteiger partial charge >= 0.3 is 0 Å². The van der Waals surface area contributed by atoms with Crippen LogP contribution in [0.3, 0.4) is 0 Å². The van der Waals surface area contributed by atoms with E-state index in [-0.39, 0.29) is 11.6 Å². The maximum Gasteiger partial charge on any atom is 0.269 e. The zero-order valence-corrected chi connectivity index (χ0v) is 9.33. The fraction of sp³-hybridized carbons (Fsp3) is 0.273. The molecule has 0 saturated carbocycles. The van der Waals surface area contributed by atoms with Gasteiger partial charge in [0.25, 0.3) is 5.69 Å². The summed E-state index contributed by atoms with van der Waals surface area (Å²) in [6.45, 7) is 1.97. The molecule has 0 spiro atoms. The number of amidine groups is 1. The van der Waals surface area contributed by atoms with Crippen LogP contribution in [0.4, 0.5) is 5.69 Å². The van der Waals surface area contributed by atoms with Crippen molar-refractivity contribution in [3.63, 3.8) is 0 Å². The Balaban J connectivity index is 2.27. The van der Waals surface area contributed by atoms with Crippen molar-refractivity contribution >= 4 is 17.2 Å². The Hall–Kier alpha value is -2.24. The molecule has 88 valence electrons. The predicted octanol–water partition coefficient (Wildman–Crippen LogP) is 1.70. The third-order valence-electron chi connectivity index (χ3n) is 2.70. The van der Waals surface area contributed by atoms with Gasteiger partial charge in [0.15, 0.2) is 0 Å². The minimum Gasteiger partial charge on any atom is -0.385 e. The second kappa shape index (κ2) is 4.32. The van der Waals surface area contributed by atoms with Crippen LogP contribution in [-0.4, -0.2) is 16.5 Å².